The van der Waals surface area contributed by atoms with Gasteiger partial charge in [-0.2, -0.15) is 0 Å². The van der Waals surface area contributed by atoms with Crippen LogP contribution >= 0.6 is 0 Å². The molecular weight excluding hydrogens is 232 g/mol. The van der Waals surface area contributed by atoms with Gasteiger partial charge in [0.1, 0.15) is 6.04 Å². The fraction of sp³-hybridized carbons (Fsp3) is 0.462. The first kappa shape index (κ1) is 12.5. The molecule has 2 heterocycles. The second-order valence-electron chi connectivity index (χ2n) is 4.54. The molecule has 1 saturated heterocycles. The van der Waals surface area contributed by atoms with Crippen LogP contribution < -0.4 is 0 Å². The van der Waals surface area contributed by atoms with Crippen molar-refractivity contribution >= 4 is 11.9 Å². The van der Waals surface area contributed by atoms with Gasteiger partial charge >= 0.3 is 5.97 Å². The average molecular weight is 248 g/mol. The summed E-state index contributed by atoms with van der Waals surface area (Å²) >= 11 is 0. The van der Waals surface area contributed by atoms with Crippen molar-refractivity contribution in [1.29, 1.82) is 0 Å². The lowest BCUT2D eigenvalue weighted by atomic mass is 10.0. The molecule has 2 atom stereocenters. The topological polar surface area (TPSA) is 70.5 Å². The number of nitrogens with zero attached hydrogens (tertiary/aromatic N) is 2. The second kappa shape index (κ2) is 5.16. The molecule has 0 radical (unpaired) electrons. The van der Waals surface area contributed by atoms with Crippen molar-refractivity contribution in [2.45, 2.75) is 31.7 Å². The summed E-state index contributed by atoms with van der Waals surface area (Å²) in [7, 11) is 0. The van der Waals surface area contributed by atoms with Crippen LogP contribution in [0.15, 0.2) is 24.5 Å². The predicted octanol–water partition coefficient (Wildman–Crippen LogP) is 1.26. The van der Waals surface area contributed by atoms with Gasteiger partial charge in [0.15, 0.2) is 0 Å². The zero-order chi connectivity index (χ0) is 13.1. The van der Waals surface area contributed by atoms with Crippen molar-refractivity contribution in [3.8, 4) is 0 Å². The number of amides is 1. The highest BCUT2D eigenvalue weighted by molar-refractivity contribution is 5.88. The fourth-order valence-electron chi connectivity index (χ4n) is 2.31. The smallest absolute Gasteiger partial charge is 0.326 e. The minimum Gasteiger partial charge on any atom is -0.480 e. The highest BCUT2D eigenvalue weighted by atomic mass is 16.4. The van der Waals surface area contributed by atoms with E-state index < -0.39 is 12.0 Å². The van der Waals surface area contributed by atoms with Gasteiger partial charge in [0.2, 0.25) is 5.91 Å². The molecule has 18 heavy (non-hydrogen) atoms. The number of carboxylic acid groups (broad SMARTS) is 1. The van der Waals surface area contributed by atoms with E-state index in [-0.39, 0.29) is 11.8 Å². The van der Waals surface area contributed by atoms with Crippen molar-refractivity contribution in [2.75, 3.05) is 6.54 Å². The normalized spacial score (nSPS) is 20.7. The Hall–Kier alpha value is -1.91. The van der Waals surface area contributed by atoms with Gasteiger partial charge in [-0.05, 0) is 31.4 Å². The Morgan fingerprint density at radius 2 is 2.33 bits per heavy atom. The van der Waals surface area contributed by atoms with E-state index in [1.165, 1.54) is 4.90 Å². The molecule has 0 bridgehead atoms. The Morgan fingerprint density at radius 3 is 2.94 bits per heavy atom. The van der Waals surface area contributed by atoms with Crippen molar-refractivity contribution in [3.63, 3.8) is 0 Å². The summed E-state index contributed by atoms with van der Waals surface area (Å²) in [6, 6.07) is 2.94. The second-order valence-corrected chi connectivity index (χ2v) is 4.54. The summed E-state index contributed by atoms with van der Waals surface area (Å²) in [4.78, 5) is 28.8. The number of likely N-dealkylation sites (tertiary alicyclic amines) is 1. The first-order chi connectivity index (χ1) is 8.61. The molecule has 1 amide bonds. The molecule has 0 saturated carbocycles. The molecule has 5 heteroatoms. The molecule has 1 aliphatic rings. The van der Waals surface area contributed by atoms with Crippen LogP contribution in [0, 0.1) is 0 Å². The quantitative estimate of drug-likeness (QED) is 0.874. The van der Waals surface area contributed by atoms with Crippen molar-refractivity contribution in [1.82, 2.24) is 9.88 Å². The van der Waals surface area contributed by atoms with E-state index in [0.29, 0.717) is 13.0 Å². The molecule has 1 aromatic heterocycles. The molecular formula is C13H16N2O3. The van der Waals surface area contributed by atoms with Crippen LogP contribution in [-0.2, 0) is 9.59 Å². The third kappa shape index (κ3) is 2.34. The molecule has 2 rings (SSSR count). The Labute approximate surface area is 105 Å². The lowest BCUT2D eigenvalue weighted by Gasteiger charge is -2.24. The zero-order valence-corrected chi connectivity index (χ0v) is 10.2. The van der Waals surface area contributed by atoms with Crippen LogP contribution in [0.25, 0.3) is 0 Å². The van der Waals surface area contributed by atoms with Crippen LogP contribution in [-0.4, -0.2) is 39.5 Å². The van der Waals surface area contributed by atoms with Gasteiger partial charge in [0, 0.05) is 18.9 Å². The molecule has 0 unspecified atom stereocenters. The SMILES string of the molecule is C[C@@H](C(=O)N1CCC[C@H]1C(=O)O)c1cccnc1. The number of carboxylic acids is 1. The lowest BCUT2D eigenvalue weighted by molar-refractivity contribution is -0.148. The minimum atomic E-state index is -0.917. The Morgan fingerprint density at radius 1 is 1.56 bits per heavy atom. The Bertz CT molecular complexity index is 447. The highest BCUT2D eigenvalue weighted by Crippen LogP contribution is 2.24. The molecule has 0 aliphatic carbocycles. The number of pyridine rings is 1. The number of hydrogen-bond donors (Lipinski definition) is 1. The van der Waals surface area contributed by atoms with E-state index in [2.05, 4.69) is 4.98 Å². The number of aliphatic carboxylic acids is 1. The third-order valence-corrected chi connectivity index (χ3v) is 3.38. The van der Waals surface area contributed by atoms with Crippen molar-refractivity contribution in [2.24, 2.45) is 0 Å². The molecule has 1 fully saturated rings. The van der Waals surface area contributed by atoms with Crippen LogP contribution in [0.2, 0.25) is 0 Å². The largest absolute Gasteiger partial charge is 0.480 e. The summed E-state index contributed by atoms with van der Waals surface area (Å²) in [5.74, 6) is -1.40. The predicted molar refractivity (Wildman–Crippen MR) is 65.0 cm³/mol. The van der Waals surface area contributed by atoms with Crippen molar-refractivity contribution in [3.05, 3.63) is 30.1 Å². The van der Waals surface area contributed by atoms with Crippen LogP contribution in [0.3, 0.4) is 0 Å². The maximum atomic E-state index is 12.3. The molecule has 1 aromatic rings. The number of carbonyl (C=O) groups excluding carboxylic acids is 1. The molecule has 1 aliphatic heterocycles. The number of hydrogen-bond acceptors (Lipinski definition) is 3. The maximum Gasteiger partial charge on any atom is 0.326 e. The standard InChI is InChI=1S/C13H16N2O3/c1-9(10-4-2-6-14-8-10)12(16)15-7-3-5-11(15)13(17)18/h2,4,6,8-9,11H,3,5,7H2,1H3,(H,17,18)/t9-,11+/m1/s1. The minimum absolute atomic E-state index is 0.132. The molecule has 96 valence electrons. The average Bonchev–Trinajstić information content (AvgIpc) is 2.87. The van der Waals surface area contributed by atoms with Gasteiger partial charge in [0.25, 0.3) is 0 Å². The molecule has 1 N–H and O–H groups in total. The number of carbonyl (C=O) groups is 2. The van der Waals surface area contributed by atoms with Gasteiger partial charge < -0.3 is 10.0 Å². The fourth-order valence-corrected chi connectivity index (χ4v) is 2.31. The number of rotatable bonds is 3. The summed E-state index contributed by atoms with van der Waals surface area (Å²) in [6.07, 6.45) is 4.59. The molecule has 0 spiro atoms. The van der Waals surface area contributed by atoms with E-state index in [4.69, 9.17) is 5.11 Å². The van der Waals surface area contributed by atoms with E-state index in [1.807, 2.05) is 6.07 Å². The van der Waals surface area contributed by atoms with Gasteiger partial charge in [-0.25, -0.2) is 4.79 Å². The van der Waals surface area contributed by atoms with E-state index in [9.17, 15) is 9.59 Å². The monoisotopic (exact) mass is 248 g/mol. The zero-order valence-electron chi connectivity index (χ0n) is 10.2. The van der Waals surface area contributed by atoms with E-state index in [1.54, 1.807) is 25.4 Å². The van der Waals surface area contributed by atoms with E-state index >= 15 is 0 Å². The Balaban J connectivity index is 2.14. The summed E-state index contributed by atoms with van der Waals surface area (Å²) < 4.78 is 0. The summed E-state index contributed by atoms with van der Waals surface area (Å²) in [6.45, 7) is 2.32. The van der Waals surface area contributed by atoms with E-state index in [0.717, 1.165) is 12.0 Å². The first-order valence-corrected chi connectivity index (χ1v) is 6.04. The maximum absolute atomic E-state index is 12.3. The highest BCUT2D eigenvalue weighted by Gasteiger charge is 2.36. The van der Waals surface area contributed by atoms with Crippen LogP contribution in [0.5, 0.6) is 0 Å². The van der Waals surface area contributed by atoms with Gasteiger partial charge in [-0.1, -0.05) is 6.07 Å². The van der Waals surface area contributed by atoms with Gasteiger partial charge in [0.05, 0.1) is 5.92 Å². The first-order valence-electron chi connectivity index (χ1n) is 6.04. The van der Waals surface area contributed by atoms with Gasteiger partial charge in [-0.3, -0.25) is 9.78 Å². The Kier molecular flexibility index (Phi) is 3.60. The van der Waals surface area contributed by atoms with Crippen LogP contribution in [0.1, 0.15) is 31.2 Å². The third-order valence-electron chi connectivity index (χ3n) is 3.38. The summed E-state index contributed by atoms with van der Waals surface area (Å²) in [5.41, 5.74) is 0.818. The molecule has 0 aromatic carbocycles. The lowest BCUT2D eigenvalue weighted by Crippen LogP contribution is -2.42. The van der Waals surface area contributed by atoms with Crippen LogP contribution in [0.4, 0.5) is 0 Å². The van der Waals surface area contributed by atoms with Crippen molar-refractivity contribution < 1.29 is 14.7 Å². The molecule has 5 nitrogen and oxygen atoms in total. The van der Waals surface area contributed by atoms with Gasteiger partial charge in [-0.15, -0.1) is 0 Å². The summed E-state index contributed by atoms with van der Waals surface area (Å²) in [5, 5.41) is 9.08. The number of aromatic nitrogens is 1.